The molecule has 0 aromatic heterocycles. The van der Waals surface area contributed by atoms with Crippen molar-refractivity contribution in [1.82, 2.24) is 10.0 Å². The normalized spacial score (nSPS) is 17.3. The van der Waals surface area contributed by atoms with Crippen LogP contribution in [0, 0.1) is 0 Å². The lowest BCUT2D eigenvalue weighted by molar-refractivity contribution is -0.123. The second-order valence-corrected chi connectivity index (χ2v) is 8.66. The van der Waals surface area contributed by atoms with Gasteiger partial charge in [0, 0.05) is 12.1 Å². The van der Waals surface area contributed by atoms with Crippen molar-refractivity contribution in [3.05, 3.63) is 24.3 Å². The van der Waals surface area contributed by atoms with Crippen molar-refractivity contribution in [2.75, 3.05) is 6.61 Å². The van der Waals surface area contributed by atoms with E-state index in [1.54, 1.807) is 12.1 Å². The maximum Gasteiger partial charge on any atom is 0.258 e. The molecule has 1 aliphatic rings. The molecule has 6 nitrogen and oxygen atoms in total. The van der Waals surface area contributed by atoms with Gasteiger partial charge in [0.1, 0.15) is 5.75 Å². The van der Waals surface area contributed by atoms with Gasteiger partial charge in [-0.05, 0) is 50.5 Å². The summed E-state index contributed by atoms with van der Waals surface area (Å²) in [4.78, 5) is 12.2. The van der Waals surface area contributed by atoms with Crippen molar-refractivity contribution in [3.63, 3.8) is 0 Å². The Morgan fingerprint density at radius 2 is 1.77 bits per heavy atom. The van der Waals surface area contributed by atoms with Gasteiger partial charge in [0.2, 0.25) is 10.0 Å². The minimum Gasteiger partial charge on any atom is -0.484 e. The van der Waals surface area contributed by atoms with Gasteiger partial charge in [-0.1, -0.05) is 32.6 Å². The van der Waals surface area contributed by atoms with Crippen LogP contribution < -0.4 is 14.8 Å². The summed E-state index contributed by atoms with van der Waals surface area (Å²) in [6.07, 6.45) is 7.58. The third-order valence-electron chi connectivity index (χ3n) is 4.69. The van der Waals surface area contributed by atoms with Crippen molar-refractivity contribution in [3.8, 4) is 5.75 Å². The van der Waals surface area contributed by atoms with E-state index >= 15 is 0 Å². The molecule has 0 radical (unpaired) electrons. The number of nitrogens with one attached hydrogen (secondary N) is 2. The van der Waals surface area contributed by atoms with E-state index in [-0.39, 0.29) is 29.5 Å². The zero-order valence-corrected chi connectivity index (χ0v) is 16.5. The second-order valence-electron chi connectivity index (χ2n) is 6.95. The molecule has 1 fully saturated rings. The summed E-state index contributed by atoms with van der Waals surface area (Å²) >= 11 is 0. The van der Waals surface area contributed by atoms with Crippen LogP contribution in [0.4, 0.5) is 0 Å². The Labute approximate surface area is 156 Å². The van der Waals surface area contributed by atoms with Crippen LogP contribution in [0.1, 0.15) is 58.8 Å². The lowest BCUT2D eigenvalue weighted by Crippen LogP contribution is -2.37. The van der Waals surface area contributed by atoms with Crippen LogP contribution >= 0.6 is 0 Å². The van der Waals surface area contributed by atoms with E-state index in [9.17, 15) is 13.2 Å². The van der Waals surface area contributed by atoms with Gasteiger partial charge in [-0.3, -0.25) is 4.79 Å². The number of carbonyl (C=O) groups is 1. The summed E-state index contributed by atoms with van der Waals surface area (Å²) in [6.45, 7) is 3.68. The standard InChI is InChI=1S/C19H30N2O4S/c1-3-15(2)21-26(23,24)18-12-10-17(11-13-18)25-14-19(22)20-16-8-6-4-5-7-9-16/h10-13,15-16,21H,3-9,14H2,1-2H3,(H,20,22)/t15-/m0/s1. The molecule has 1 aromatic carbocycles. The van der Waals surface area contributed by atoms with Crippen molar-refractivity contribution in [2.45, 2.75) is 75.8 Å². The van der Waals surface area contributed by atoms with E-state index < -0.39 is 10.0 Å². The van der Waals surface area contributed by atoms with Crippen molar-refractivity contribution in [2.24, 2.45) is 0 Å². The molecule has 0 spiro atoms. The van der Waals surface area contributed by atoms with E-state index in [1.165, 1.54) is 25.0 Å². The minimum atomic E-state index is -3.53. The highest BCUT2D eigenvalue weighted by atomic mass is 32.2. The van der Waals surface area contributed by atoms with E-state index in [0.717, 1.165) is 32.1 Å². The highest BCUT2D eigenvalue weighted by molar-refractivity contribution is 7.89. The Kier molecular flexibility index (Phi) is 7.90. The highest BCUT2D eigenvalue weighted by Gasteiger charge is 2.17. The number of rotatable bonds is 8. The molecular weight excluding hydrogens is 352 g/mol. The van der Waals surface area contributed by atoms with Crippen molar-refractivity contribution < 1.29 is 17.9 Å². The smallest absolute Gasteiger partial charge is 0.258 e. The number of ether oxygens (including phenoxy) is 1. The Balaban J connectivity index is 1.84. The van der Waals surface area contributed by atoms with Crippen LogP contribution in [0.2, 0.25) is 0 Å². The molecular formula is C19H30N2O4S. The largest absolute Gasteiger partial charge is 0.484 e. The maximum absolute atomic E-state index is 12.2. The molecule has 7 heteroatoms. The van der Waals surface area contributed by atoms with Crippen LogP contribution in [0.15, 0.2) is 29.2 Å². The maximum atomic E-state index is 12.2. The number of amides is 1. The number of hydrogen-bond donors (Lipinski definition) is 2. The summed E-state index contributed by atoms with van der Waals surface area (Å²) in [5.41, 5.74) is 0. The first-order valence-electron chi connectivity index (χ1n) is 9.45. The molecule has 1 aliphatic carbocycles. The minimum absolute atomic E-state index is 0.0618. The van der Waals surface area contributed by atoms with Crippen LogP contribution in [-0.4, -0.2) is 33.0 Å². The van der Waals surface area contributed by atoms with Crippen LogP contribution in [0.5, 0.6) is 5.75 Å². The van der Waals surface area contributed by atoms with Gasteiger partial charge < -0.3 is 10.1 Å². The predicted molar refractivity (Wildman–Crippen MR) is 102 cm³/mol. The van der Waals surface area contributed by atoms with Gasteiger partial charge in [0.05, 0.1) is 4.90 Å². The van der Waals surface area contributed by atoms with Gasteiger partial charge in [0.15, 0.2) is 6.61 Å². The Hall–Kier alpha value is -1.60. The topological polar surface area (TPSA) is 84.5 Å². The fraction of sp³-hybridized carbons (Fsp3) is 0.632. The number of carbonyl (C=O) groups excluding carboxylic acids is 1. The average molecular weight is 383 g/mol. The fourth-order valence-corrected chi connectivity index (χ4v) is 4.30. The molecule has 0 bridgehead atoms. The molecule has 1 atom stereocenters. The van der Waals surface area contributed by atoms with Crippen molar-refractivity contribution in [1.29, 1.82) is 0 Å². The first-order valence-corrected chi connectivity index (χ1v) is 10.9. The fourth-order valence-electron chi connectivity index (χ4n) is 2.97. The number of hydrogen-bond acceptors (Lipinski definition) is 4. The van der Waals surface area contributed by atoms with Gasteiger partial charge in [0.25, 0.3) is 5.91 Å². The zero-order valence-electron chi connectivity index (χ0n) is 15.7. The van der Waals surface area contributed by atoms with E-state index in [2.05, 4.69) is 10.0 Å². The zero-order chi connectivity index (χ0) is 19.0. The molecule has 0 unspecified atom stereocenters. The SMILES string of the molecule is CC[C@H](C)NS(=O)(=O)c1ccc(OCC(=O)NC2CCCCCC2)cc1. The number of sulfonamides is 1. The Bertz CT molecular complexity index is 665. The first kappa shape index (κ1) is 20.7. The molecule has 26 heavy (non-hydrogen) atoms. The third kappa shape index (κ3) is 6.61. The highest BCUT2D eigenvalue weighted by Crippen LogP contribution is 2.18. The summed E-state index contributed by atoms with van der Waals surface area (Å²) in [7, 11) is -3.53. The first-order chi connectivity index (χ1) is 12.4. The summed E-state index contributed by atoms with van der Waals surface area (Å²) < 4.78 is 32.5. The molecule has 1 amide bonds. The molecule has 2 rings (SSSR count). The second kappa shape index (κ2) is 9.92. The van der Waals surface area contributed by atoms with Gasteiger partial charge in [-0.2, -0.15) is 0 Å². The van der Waals surface area contributed by atoms with E-state index in [4.69, 9.17) is 4.74 Å². The lowest BCUT2D eigenvalue weighted by Gasteiger charge is -2.16. The van der Waals surface area contributed by atoms with Gasteiger partial charge >= 0.3 is 0 Å². The molecule has 1 aromatic rings. The summed E-state index contributed by atoms with van der Waals surface area (Å²) in [6, 6.07) is 6.25. The molecule has 0 heterocycles. The summed E-state index contributed by atoms with van der Waals surface area (Å²) in [5, 5.41) is 3.02. The van der Waals surface area contributed by atoms with Gasteiger partial charge in [-0.25, -0.2) is 13.1 Å². The molecule has 1 saturated carbocycles. The monoisotopic (exact) mass is 382 g/mol. The summed E-state index contributed by atoms with van der Waals surface area (Å²) in [5.74, 6) is 0.343. The lowest BCUT2D eigenvalue weighted by atomic mass is 10.1. The van der Waals surface area contributed by atoms with Gasteiger partial charge in [-0.15, -0.1) is 0 Å². The Morgan fingerprint density at radius 3 is 2.35 bits per heavy atom. The Morgan fingerprint density at radius 1 is 1.15 bits per heavy atom. The van der Waals surface area contributed by atoms with Crippen molar-refractivity contribution >= 4 is 15.9 Å². The predicted octanol–water partition coefficient (Wildman–Crippen LogP) is 2.98. The quantitative estimate of drug-likeness (QED) is 0.677. The number of benzene rings is 1. The van der Waals surface area contributed by atoms with Crippen LogP contribution in [0.3, 0.4) is 0 Å². The third-order valence-corrected chi connectivity index (χ3v) is 6.30. The van der Waals surface area contributed by atoms with Crippen LogP contribution in [-0.2, 0) is 14.8 Å². The molecule has 0 saturated heterocycles. The average Bonchev–Trinajstić information content (AvgIpc) is 2.88. The molecule has 2 N–H and O–H groups in total. The van der Waals surface area contributed by atoms with E-state index in [0.29, 0.717) is 5.75 Å². The molecule has 0 aliphatic heterocycles. The van der Waals surface area contributed by atoms with E-state index in [1.807, 2.05) is 13.8 Å². The van der Waals surface area contributed by atoms with Crippen LogP contribution in [0.25, 0.3) is 0 Å². The molecule has 146 valence electrons.